The molecule has 0 aliphatic rings. The Hall–Kier alpha value is -2.96. The molecule has 3 aromatic rings. The Labute approximate surface area is 150 Å². The summed E-state index contributed by atoms with van der Waals surface area (Å²) < 4.78 is 38.6. The van der Waals surface area contributed by atoms with Gasteiger partial charge in [0.15, 0.2) is 0 Å². The first-order valence-corrected chi connectivity index (χ1v) is 8.27. The summed E-state index contributed by atoms with van der Waals surface area (Å²) in [6.07, 6.45) is 2.92. The van der Waals surface area contributed by atoms with E-state index in [9.17, 15) is 13.6 Å². The number of hydrogen-bond acceptors (Lipinski definition) is 5. The van der Waals surface area contributed by atoms with Gasteiger partial charge in [0.25, 0.3) is 0 Å². The lowest BCUT2D eigenvalue weighted by atomic mass is 10.2. The zero-order valence-electron chi connectivity index (χ0n) is 15.0. The highest BCUT2D eigenvalue weighted by Gasteiger charge is 2.24. The molecular formula is C19H20F2N2O3. The lowest BCUT2D eigenvalue weighted by molar-refractivity contribution is 0.0494. The second-order valence-corrected chi connectivity index (χ2v) is 5.13. The van der Waals surface area contributed by atoms with Gasteiger partial charge in [-0.1, -0.05) is 13.8 Å². The summed E-state index contributed by atoms with van der Waals surface area (Å²) in [6.45, 7) is 7.37. The van der Waals surface area contributed by atoms with Gasteiger partial charge in [-0.3, -0.25) is 4.98 Å². The largest absolute Gasteiger partial charge is 0.460 e. The number of carbonyl (C=O) groups is 1. The van der Waals surface area contributed by atoms with Crippen molar-refractivity contribution < 1.29 is 22.7 Å². The number of furan rings is 1. The monoisotopic (exact) mass is 362 g/mol. The molecule has 2 aromatic heterocycles. The number of carbonyl (C=O) groups excluding carboxylic acids is 1. The van der Waals surface area contributed by atoms with Crippen LogP contribution in [0.3, 0.4) is 0 Å². The number of pyridine rings is 1. The second-order valence-electron chi connectivity index (χ2n) is 5.13. The number of nitrogens with zero attached hydrogens (tertiary/aromatic N) is 1. The van der Waals surface area contributed by atoms with Crippen LogP contribution in [0, 0.1) is 18.6 Å². The molecule has 0 fully saturated rings. The molecule has 138 valence electrons. The van der Waals surface area contributed by atoms with Crippen molar-refractivity contribution in [3.8, 4) is 0 Å². The van der Waals surface area contributed by atoms with Crippen molar-refractivity contribution in [2.75, 3.05) is 11.9 Å². The fourth-order valence-corrected chi connectivity index (χ4v) is 2.35. The minimum atomic E-state index is -0.777. The highest BCUT2D eigenvalue weighted by molar-refractivity contribution is 6.05. The van der Waals surface area contributed by atoms with Gasteiger partial charge in [-0.15, -0.1) is 0 Å². The van der Waals surface area contributed by atoms with E-state index in [2.05, 4.69) is 10.3 Å². The number of rotatable bonds is 4. The fraction of sp³-hybridized carbons (Fsp3) is 0.263. The average Bonchev–Trinajstić information content (AvgIpc) is 2.99. The molecule has 0 atom stereocenters. The summed E-state index contributed by atoms with van der Waals surface area (Å²) in [7, 11) is 0. The number of ether oxygens (including phenoxy) is 1. The molecule has 0 amide bonds. The van der Waals surface area contributed by atoms with Crippen molar-refractivity contribution in [1.29, 1.82) is 0 Å². The molecule has 5 nitrogen and oxygen atoms in total. The normalized spacial score (nSPS) is 10.2. The van der Waals surface area contributed by atoms with Crippen LogP contribution in [0.4, 0.5) is 20.2 Å². The fourth-order valence-electron chi connectivity index (χ4n) is 2.35. The number of aromatic nitrogens is 1. The van der Waals surface area contributed by atoms with Gasteiger partial charge in [-0.2, -0.15) is 0 Å². The van der Waals surface area contributed by atoms with Gasteiger partial charge in [0.1, 0.15) is 28.6 Å². The van der Waals surface area contributed by atoms with E-state index in [-0.39, 0.29) is 23.7 Å². The first-order valence-electron chi connectivity index (χ1n) is 8.27. The maximum absolute atomic E-state index is 14.1. The molecule has 0 saturated heterocycles. The summed E-state index contributed by atoms with van der Waals surface area (Å²) in [5.74, 6) is -2.45. The Morgan fingerprint density at radius 1 is 1.23 bits per heavy atom. The van der Waals surface area contributed by atoms with Crippen LogP contribution in [0.25, 0.3) is 11.0 Å². The van der Waals surface area contributed by atoms with Gasteiger partial charge in [0.2, 0.25) is 5.76 Å². The predicted molar refractivity (Wildman–Crippen MR) is 95.7 cm³/mol. The van der Waals surface area contributed by atoms with Gasteiger partial charge in [-0.25, -0.2) is 13.6 Å². The van der Waals surface area contributed by atoms with E-state index in [0.29, 0.717) is 16.5 Å². The Bertz CT molecular complexity index is 899. The Morgan fingerprint density at radius 3 is 2.50 bits per heavy atom. The van der Waals surface area contributed by atoms with E-state index in [1.807, 2.05) is 13.8 Å². The lowest BCUT2D eigenvalue weighted by Crippen LogP contribution is -2.07. The SMILES string of the molecule is CC.CCOC(=O)c1oc2ccncc2c1Nc1c(F)cc(C)cc1F. The van der Waals surface area contributed by atoms with Crippen LogP contribution in [0.1, 0.15) is 36.9 Å². The number of fused-ring (bicyclic) bond motifs is 1. The Kier molecular flexibility index (Phi) is 6.27. The number of hydrogen-bond donors (Lipinski definition) is 1. The molecule has 1 N–H and O–H groups in total. The number of nitrogens with one attached hydrogen (secondary N) is 1. The third-order valence-electron chi connectivity index (χ3n) is 3.39. The van der Waals surface area contributed by atoms with Crippen molar-refractivity contribution in [1.82, 2.24) is 4.98 Å². The maximum atomic E-state index is 14.1. The molecule has 0 saturated carbocycles. The van der Waals surface area contributed by atoms with E-state index < -0.39 is 17.6 Å². The van der Waals surface area contributed by atoms with Gasteiger partial charge in [0.05, 0.1) is 12.0 Å². The van der Waals surface area contributed by atoms with Crippen LogP contribution in [-0.2, 0) is 4.74 Å². The highest BCUT2D eigenvalue weighted by Crippen LogP contribution is 2.35. The predicted octanol–water partition coefficient (Wildman–Crippen LogP) is 5.36. The second kappa shape index (κ2) is 8.42. The zero-order chi connectivity index (χ0) is 19.3. The molecule has 0 unspecified atom stereocenters. The minimum Gasteiger partial charge on any atom is -0.460 e. The third kappa shape index (κ3) is 3.82. The molecule has 0 aliphatic carbocycles. The van der Waals surface area contributed by atoms with Crippen LogP contribution in [-0.4, -0.2) is 17.6 Å². The highest BCUT2D eigenvalue weighted by atomic mass is 19.1. The zero-order valence-corrected chi connectivity index (χ0v) is 15.0. The number of aryl methyl sites for hydroxylation is 1. The summed E-state index contributed by atoms with van der Waals surface area (Å²) in [5, 5.41) is 3.03. The first-order chi connectivity index (χ1) is 12.5. The summed E-state index contributed by atoms with van der Waals surface area (Å²) in [4.78, 5) is 16.0. The van der Waals surface area contributed by atoms with E-state index in [0.717, 1.165) is 0 Å². The van der Waals surface area contributed by atoms with Crippen molar-refractivity contribution in [2.45, 2.75) is 27.7 Å². The van der Waals surface area contributed by atoms with Crippen LogP contribution in [0.15, 0.2) is 35.0 Å². The molecule has 0 aliphatic heterocycles. The Morgan fingerprint density at radius 2 is 1.88 bits per heavy atom. The smallest absolute Gasteiger partial charge is 0.376 e. The van der Waals surface area contributed by atoms with Gasteiger partial charge in [-0.05, 0) is 37.6 Å². The van der Waals surface area contributed by atoms with Crippen LogP contribution < -0.4 is 5.32 Å². The quantitative estimate of drug-likeness (QED) is 0.633. The molecule has 2 heterocycles. The van der Waals surface area contributed by atoms with E-state index in [4.69, 9.17) is 9.15 Å². The molecule has 0 spiro atoms. The standard InChI is InChI=1S/C17H14F2N2O3.C2H6/c1-3-23-17(22)16-14(10-8-20-5-4-13(10)24-16)21-15-11(18)6-9(2)7-12(15)19;1-2/h4-8,21H,3H2,1-2H3;1-2H3. The minimum absolute atomic E-state index is 0.109. The summed E-state index contributed by atoms with van der Waals surface area (Å²) >= 11 is 0. The average molecular weight is 362 g/mol. The van der Waals surface area contributed by atoms with Gasteiger partial charge >= 0.3 is 5.97 Å². The van der Waals surface area contributed by atoms with Crippen LogP contribution in [0.5, 0.6) is 0 Å². The first kappa shape index (κ1) is 19.4. The van der Waals surface area contributed by atoms with Gasteiger partial charge in [0, 0.05) is 12.4 Å². The molecule has 1 aromatic carbocycles. The Balaban J connectivity index is 0.00000117. The van der Waals surface area contributed by atoms with E-state index in [1.165, 1.54) is 24.5 Å². The van der Waals surface area contributed by atoms with Crippen molar-refractivity contribution in [3.63, 3.8) is 0 Å². The third-order valence-corrected chi connectivity index (χ3v) is 3.39. The molecule has 0 bridgehead atoms. The molecule has 7 heteroatoms. The van der Waals surface area contributed by atoms with Crippen LogP contribution in [0.2, 0.25) is 0 Å². The lowest BCUT2D eigenvalue weighted by Gasteiger charge is -2.10. The number of benzene rings is 1. The molecule has 3 rings (SSSR count). The van der Waals surface area contributed by atoms with Crippen molar-refractivity contribution in [2.24, 2.45) is 0 Å². The molecule has 26 heavy (non-hydrogen) atoms. The van der Waals surface area contributed by atoms with E-state index >= 15 is 0 Å². The van der Waals surface area contributed by atoms with Crippen molar-refractivity contribution >= 4 is 28.3 Å². The van der Waals surface area contributed by atoms with Crippen molar-refractivity contribution in [3.05, 3.63) is 53.6 Å². The number of esters is 1. The summed E-state index contributed by atoms with van der Waals surface area (Å²) in [5.41, 5.74) is 0.527. The van der Waals surface area contributed by atoms with E-state index in [1.54, 1.807) is 19.9 Å². The molecule has 0 radical (unpaired) electrons. The van der Waals surface area contributed by atoms with Gasteiger partial charge < -0.3 is 14.5 Å². The number of halogens is 2. The van der Waals surface area contributed by atoms with Crippen LogP contribution >= 0.6 is 0 Å². The summed E-state index contributed by atoms with van der Waals surface area (Å²) in [6, 6.07) is 3.93. The maximum Gasteiger partial charge on any atom is 0.376 e. The number of anilines is 2. The topological polar surface area (TPSA) is 64.4 Å². The molecular weight excluding hydrogens is 342 g/mol.